The van der Waals surface area contributed by atoms with Gasteiger partial charge in [0.2, 0.25) is 0 Å². The summed E-state index contributed by atoms with van der Waals surface area (Å²) in [6.07, 6.45) is 0. The van der Waals surface area contributed by atoms with Crippen LogP contribution in [0.5, 0.6) is 0 Å². The Balaban J connectivity index is -0.00000000500. The molecule has 0 saturated heterocycles. The van der Waals surface area contributed by atoms with Crippen molar-refractivity contribution in [3.05, 3.63) is 0 Å². The first-order valence-electron chi connectivity index (χ1n) is 0.204. The molecule has 0 aliphatic rings. The second kappa shape index (κ2) is 20.1. The molecule has 0 atom stereocenters. The van der Waals surface area contributed by atoms with E-state index in [9.17, 15) is 0 Å². The average Bonchev–Trinajstić information content (AvgIpc) is 1.00. The molecule has 4 heteroatoms. The average molecular weight is 191 g/mol. The van der Waals surface area contributed by atoms with Gasteiger partial charge in [0.25, 0.3) is 0 Å². The molecule has 15 valence electrons. The molecular formula is CeLiOSi. The van der Waals surface area contributed by atoms with Crippen LogP contribution in [-0.2, 0) is 4.46 Å². The minimum atomic E-state index is 0. The van der Waals surface area contributed by atoms with Crippen LogP contribution in [0, 0.1) is 41.7 Å². The summed E-state index contributed by atoms with van der Waals surface area (Å²) in [5, 5.41) is 0. The maximum absolute atomic E-state index is 8.06. The molecule has 0 bridgehead atoms. The zero-order valence-electron chi connectivity index (χ0n) is 2.41. The Kier molecular flexibility index (Phi) is 83.6. The Hall–Kier alpha value is 1.99. The van der Waals surface area contributed by atoms with Crippen LogP contribution in [0.25, 0.3) is 0 Å². The predicted molar refractivity (Wildman–Crippen MR) is 12.2 cm³/mol. The van der Waals surface area contributed by atoms with Gasteiger partial charge in [-0.25, -0.2) is 0 Å². The van der Waals surface area contributed by atoms with Crippen molar-refractivity contribution in [2.75, 3.05) is 0 Å². The normalized spacial score (nSPS) is 1.00. The number of hydrogen-bond donors (Lipinski definition) is 0. The van der Waals surface area contributed by atoms with Gasteiger partial charge in [0.05, 0.1) is 0 Å². The minimum Gasteiger partial charge on any atom is -0.381 e. The molecule has 0 unspecified atom stereocenters. The van der Waals surface area contributed by atoms with Crippen molar-refractivity contribution in [2.45, 2.75) is 0 Å². The van der Waals surface area contributed by atoms with E-state index >= 15 is 0 Å². The van der Waals surface area contributed by atoms with Gasteiger partial charge in [-0.3, -0.25) is 0 Å². The standard InChI is InChI=1S/Ce.Li.OSi/c;;1-2. The molecule has 0 amide bonds. The Morgan fingerprint density at radius 2 is 1.25 bits per heavy atom. The van der Waals surface area contributed by atoms with Crippen molar-refractivity contribution in [2.24, 2.45) is 0 Å². The molecule has 0 aromatic heterocycles. The van der Waals surface area contributed by atoms with Crippen LogP contribution in [0.15, 0.2) is 0 Å². The van der Waals surface area contributed by atoms with Gasteiger partial charge in [-0.1, -0.05) is 0 Å². The molecular weight excluding hydrogens is 191 g/mol. The van der Waals surface area contributed by atoms with Gasteiger partial charge in [0.15, 0.2) is 0 Å². The molecule has 0 saturated carbocycles. The van der Waals surface area contributed by atoms with E-state index in [4.69, 9.17) is 4.46 Å². The van der Waals surface area contributed by atoms with Crippen LogP contribution in [0.3, 0.4) is 0 Å². The summed E-state index contributed by atoms with van der Waals surface area (Å²) in [6.45, 7) is 0. The topological polar surface area (TPSA) is 17.1 Å². The Bertz CT molecular complexity index is 8.00. The van der Waals surface area contributed by atoms with Crippen LogP contribution < -0.4 is 0 Å². The maximum Gasteiger partial charge on any atom is 0.381 e. The Morgan fingerprint density at radius 1 is 1.25 bits per heavy atom. The van der Waals surface area contributed by atoms with E-state index < -0.39 is 0 Å². The molecule has 0 rings (SSSR count). The molecule has 0 aliphatic heterocycles. The van der Waals surface area contributed by atoms with E-state index in [1.807, 2.05) is 0 Å². The fourth-order valence-corrected chi connectivity index (χ4v) is 0. The summed E-state index contributed by atoms with van der Waals surface area (Å²) in [5.41, 5.74) is 0. The molecule has 0 N–H and O–H groups in total. The van der Waals surface area contributed by atoms with E-state index in [1.165, 1.54) is 0 Å². The molecule has 4 heavy (non-hydrogen) atoms. The summed E-state index contributed by atoms with van der Waals surface area (Å²) >= 11 is 0. The first-order chi connectivity index (χ1) is 1.00. The van der Waals surface area contributed by atoms with E-state index in [1.54, 1.807) is 10.1 Å². The van der Waals surface area contributed by atoms with Crippen molar-refractivity contribution < 1.29 is 46.2 Å². The van der Waals surface area contributed by atoms with Crippen molar-refractivity contribution >= 4 is 29.0 Å². The van der Waals surface area contributed by atoms with Gasteiger partial charge in [-0.2, -0.15) is 0 Å². The molecule has 0 aromatic carbocycles. The summed E-state index contributed by atoms with van der Waals surface area (Å²) in [4.78, 5) is 0. The van der Waals surface area contributed by atoms with Gasteiger partial charge in [-0.05, 0) is 0 Å². The zero-order chi connectivity index (χ0) is 2.00. The minimum absolute atomic E-state index is 0. The fraction of sp³-hybridized carbons (Fsp3) is 0. The SMILES string of the molecule is O=[Si].[Ce].[Li]. The van der Waals surface area contributed by atoms with Crippen LogP contribution >= 0.6 is 0 Å². The number of rotatable bonds is 0. The zero-order valence-corrected chi connectivity index (χ0v) is 6.55. The summed E-state index contributed by atoms with van der Waals surface area (Å²) in [6, 6.07) is 0. The monoisotopic (exact) mass is 191 g/mol. The van der Waals surface area contributed by atoms with E-state index in [0.29, 0.717) is 0 Å². The van der Waals surface area contributed by atoms with Crippen LogP contribution in [-0.4, -0.2) is 29.0 Å². The molecule has 0 fully saturated rings. The number of hydrogen-bond acceptors (Lipinski definition) is 1. The van der Waals surface area contributed by atoms with Crippen molar-refractivity contribution in [1.29, 1.82) is 0 Å². The molecule has 0 spiro atoms. The van der Waals surface area contributed by atoms with Crippen molar-refractivity contribution in [1.82, 2.24) is 0 Å². The van der Waals surface area contributed by atoms with Crippen LogP contribution in [0.1, 0.15) is 0 Å². The van der Waals surface area contributed by atoms with Crippen LogP contribution in [0.4, 0.5) is 0 Å². The van der Waals surface area contributed by atoms with Crippen LogP contribution in [0.2, 0.25) is 0 Å². The van der Waals surface area contributed by atoms with Gasteiger partial charge < -0.3 is 4.46 Å². The third-order valence-electron chi connectivity index (χ3n) is 0. The second-order valence-corrected chi connectivity index (χ2v) is 0. The van der Waals surface area contributed by atoms with Crippen molar-refractivity contribution in [3.63, 3.8) is 0 Å². The largest absolute Gasteiger partial charge is 0.381 e. The third kappa shape index (κ3) is 9.01. The van der Waals surface area contributed by atoms with Gasteiger partial charge in [0, 0.05) is 60.6 Å². The van der Waals surface area contributed by atoms with E-state index in [2.05, 4.69) is 0 Å². The Labute approximate surface area is 74.0 Å². The summed E-state index contributed by atoms with van der Waals surface area (Å²) < 4.78 is 8.06. The predicted octanol–water partition coefficient (Wildman–Crippen LogP) is -0.880. The summed E-state index contributed by atoms with van der Waals surface area (Å²) in [5.74, 6) is 0. The molecule has 0 aliphatic carbocycles. The van der Waals surface area contributed by atoms with Gasteiger partial charge >= 0.3 is 10.1 Å². The third-order valence-corrected chi connectivity index (χ3v) is 0. The van der Waals surface area contributed by atoms with E-state index in [0.717, 1.165) is 0 Å². The smallest absolute Gasteiger partial charge is 0.381 e. The molecule has 0 aromatic rings. The van der Waals surface area contributed by atoms with E-state index in [-0.39, 0.29) is 60.6 Å². The van der Waals surface area contributed by atoms with Gasteiger partial charge in [-0.15, -0.1) is 0 Å². The fourth-order valence-electron chi connectivity index (χ4n) is 0. The first-order valence-corrected chi connectivity index (χ1v) is 0.612. The van der Waals surface area contributed by atoms with Gasteiger partial charge in [0.1, 0.15) is 0 Å². The van der Waals surface area contributed by atoms with Crippen molar-refractivity contribution in [3.8, 4) is 0 Å². The summed E-state index contributed by atoms with van der Waals surface area (Å²) in [7, 11) is 1.72. The Morgan fingerprint density at radius 3 is 1.25 bits per heavy atom. The second-order valence-electron chi connectivity index (χ2n) is 0. The quantitative estimate of drug-likeness (QED) is 0.454. The maximum atomic E-state index is 8.06. The molecule has 1 nitrogen and oxygen atoms in total. The first kappa shape index (κ1) is 16.7. The molecule has 3 radical (unpaired) electrons. The molecule has 0 heterocycles.